The fraction of sp³-hybridized carbons (Fsp3) is 0.250. The van der Waals surface area contributed by atoms with Crippen molar-refractivity contribution >= 4 is 29.3 Å². The Morgan fingerprint density at radius 3 is 2.71 bits per heavy atom. The molecule has 0 aliphatic carbocycles. The van der Waals surface area contributed by atoms with Gasteiger partial charge in [-0.25, -0.2) is 4.98 Å². The summed E-state index contributed by atoms with van der Waals surface area (Å²) in [5, 5.41) is 5.59. The number of H-pyrrole nitrogens is 1. The summed E-state index contributed by atoms with van der Waals surface area (Å²) < 4.78 is 0. The van der Waals surface area contributed by atoms with Crippen molar-refractivity contribution in [3.05, 3.63) is 51.9 Å². The molecule has 2 amide bonds. The van der Waals surface area contributed by atoms with Gasteiger partial charge in [0.05, 0.1) is 17.9 Å². The van der Waals surface area contributed by atoms with E-state index in [0.717, 1.165) is 23.0 Å². The number of para-hydroxylation sites is 1. The number of aromatic nitrogens is 2. The summed E-state index contributed by atoms with van der Waals surface area (Å²) >= 11 is 1.11. The third-order valence-electron chi connectivity index (χ3n) is 3.15. The summed E-state index contributed by atoms with van der Waals surface area (Å²) in [6, 6.07) is 8.74. The number of anilines is 1. The molecule has 0 saturated heterocycles. The summed E-state index contributed by atoms with van der Waals surface area (Å²) in [7, 11) is 1.51. The van der Waals surface area contributed by atoms with E-state index in [1.807, 2.05) is 31.2 Å². The van der Waals surface area contributed by atoms with Crippen LogP contribution >= 0.6 is 11.8 Å². The van der Waals surface area contributed by atoms with Gasteiger partial charge in [-0.1, -0.05) is 30.0 Å². The second-order valence-corrected chi connectivity index (χ2v) is 6.01. The minimum Gasteiger partial charge on any atom is -0.359 e. The van der Waals surface area contributed by atoms with E-state index >= 15 is 0 Å². The van der Waals surface area contributed by atoms with Crippen LogP contribution in [0.1, 0.15) is 11.3 Å². The number of amides is 2. The van der Waals surface area contributed by atoms with Crippen LogP contribution in [0.5, 0.6) is 0 Å². The van der Waals surface area contributed by atoms with Crippen LogP contribution in [0, 0.1) is 6.92 Å². The number of nitrogens with one attached hydrogen (secondary N) is 3. The van der Waals surface area contributed by atoms with Crippen molar-refractivity contribution in [3.8, 4) is 0 Å². The van der Waals surface area contributed by atoms with Crippen LogP contribution in [0.15, 0.2) is 40.3 Å². The summed E-state index contributed by atoms with van der Waals surface area (Å²) in [4.78, 5) is 41.7. The minimum absolute atomic E-state index is 0.0172. The lowest BCUT2D eigenvalue weighted by molar-refractivity contribution is -0.120. The van der Waals surface area contributed by atoms with Gasteiger partial charge in [-0.3, -0.25) is 14.4 Å². The summed E-state index contributed by atoms with van der Waals surface area (Å²) in [5.74, 6) is -0.337. The molecule has 2 aromatic rings. The number of hydrogen-bond acceptors (Lipinski definition) is 5. The predicted octanol–water partition coefficient (Wildman–Crippen LogP) is 1.10. The van der Waals surface area contributed by atoms with Crippen LogP contribution in [0.4, 0.5) is 5.69 Å². The van der Waals surface area contributed by atoms with Crippen molar-refractivity contribution in [2.24, 2.45) is 0 Å². The van der Waals surface area contributed by atoms with Crippen molar-refractivity contribution in [2.45, 2.75) is 18.5 Å². The van der Waals surface area contributed by atoms with Gasteiger partial charge in [0.1, 0.15) is 0 Å². The van der Waals surface area contributed by atoms with Crippen LogP contribution in [0.3, 0.4) is 0 Å². The Morgan fingerprint density at radius 2 is 2.00 bits per heavy atom. The standard InChI is InChI=1S/C16H18N4O3S/c1-10-5-3-4-6-12(10)19-15(23)9-24-16-18-11(7-13(21)17-2)8-14(22)20-16/h3-6,8H,7,9H2,1-2H3,(H,17,21)(H,19,23)(H,18,20,22). The summed E-state index contributed by atoms with van der Waals surface area (Å²) in [6.07, 6.45) is 0.0172. The Morgan fingerprint density at radius 1 is 1.25 bits per heavy atom. The molecule has 24 heavy (non-hydrogen) atoms. The zero-order valence-electron chi connectivity index (χ0n) is 13.4. The monoisotopic (exact) mass is 346 g/mol. The first kappa shape index (κ1) is 17.7. The van der Waals surface area contributed by atoms with Gasteiger partial charge >= 0.3 is 0 Å². The van der Waals surface area contributed by atoms with Gasteiger partial charge in [0.25, 0.3) is 5.56 Å². The molecule has 2 rings (SSSR count). The zero-order valence-corrected chi connectivity index (χ0v) is 14.2. The second-order valence-electron chi connectivity index (χ2n) is 5.04. The predicted molar refractivity (Wildman–Crippen MR) is 93.2 cm³/mol. The number of rotatable bonds is 6. The van der Waals surface area contributed by atoms with E-state index in [0.29, 0.717) is 10.9 Å². The molecule has 1 aromatic carbocycles. The van der Waals surface area contributed by atoms with E-state index in [9.17, 15) is 14.4 Å². The van der Waals surface area contributed by atoms with Gasteiger partial charge in [0, 0.05) is 18.8 Å². The molecular formula is C16H18N4O3S. The maximum absolute atomic E-state index is 12.0. The third kappa shape index (κ3) is 5.24. The molecule has 0 radical (unpaired) electrons. The molecule has 8 heteroatoms. The Hall–Kier alpha value is -2.61. The van der Waals surface area contributed by atoms with Crippen LogP contribution in [0.25, 0.3) is 0 Å². The van der Waals surface area contributed by atoms with E-state index in [1.165, 1.54) is 13.1 Å². The van der Waals surface area contributed by atoms with Crippen molar-refractivity contribution < 1.29 is 9.59 Å². The first-order valence-corrected chi connectivity index (χ1v) is 8.25. The van der Waals surface area contributed by atoms with Crippen molar-refractivity contribution in [1.29, 1.82) is 0 Å². The summed E-state index contributed by atoms with van der Waals surface area (Å²) in [5.41, 5.74) is 1.72. The molecule has 0 aliphatic rings. The summed E-state index contributed by atoms with van der Waals surface area (Å²) in [6.45, 7) is 1.91. The highest BCUT2D eigenvalue weighted by atomic mass is 32.2. The van der Waals surface area contributed by atoms with Crippen molar-refractivity contribution in [3.63, 3.8) is 0 Å². The number of likely N-dealkylation sites (N-methyl/N-ethyl adjacent to an activating group) is 1. The first-order valence-electron chi connectivity index (χ1n) is 7.27. The Labute approximate surface area is 143 Å². The molecule has 0 fully saturated rings. The molecule has 0 spiro atoms. The lowest BCUT2D eigenvalue weighted by atomic mass is 10.2. The SMILES string of the molecule is CNC(=O)Cc1cc(=O)[nH]c(SCC(=O)Nc2ccccc2C)n1. The third-order valence-corrected chi connectivity index (χ3v) is 4.03. The van der Waals surface area contributed by atoms with Crippen LogP contribution in [0.2, 0.25) is 0 Å². The zero-order chi connectivity index (χ0) is 17.5. The van der Waals surface area contributed by atoms with Gasteiger partial charge in [-0.05, 0) is 18.6 Å². The largest absolute Gasteiger partial charge is 0.359 e. The molecule has 7 nitrogen and oxygen atoms in total. The molecule has 126 valence electrons. The quantitative estimate of drug-likeness (QED) is 0.537. The highest BCUT2D eigenvalue weighted by Gasteiger charge is 2.09. The van der Waals surface area contributed by atoms with Crippen molar-refractivity contribution in [2.75, 3.05) is 18.1 Å². The van der Waals surface area contributed by atoms with Gasteiger partial charge in [-0.15, -0.1) is 0 Å². The lowest BCUT2D eigenvalue weighted by Gasteiger charge is -2.08. The number of aryl methyl sites for hydroxylation is 1. The maximum Gasteiger partial charge on any atom is 0.251 e. The number of carbonyl (C=O) groups excluding carboxylic acids is 2. The minimum atomic E-state index is -0.356. The van der Waals surface area contributed by atoms with Crippen LogP contribution in [-0.2, 0) is 16.0 Å². The molecule has 3 N–H and O–H groups in total. The van der Waals surface area contributed by atoms with Crippen LogP contribution < -0.4 is 16.2 Å². The fourth-order valence-electron chi connectivity index (χ4n) is 1.93. The average Bonchev–Trinajstić information content (AvgIpc) is 2.54. The maximum atomic E-state index is 12.0. The van der Waals surface area contributed by atoms with Gasteiger partial charge in [-0.2, -0.15) is 0 Å². The van der Waals surface area contributed by atoms with E-state index < -0.39 is 0 Å². The normalized spacial score (nSPS) is 10.2. The van der Waals surface area contributed by atoms with Crippen LogP contribution in [-0.4, -0.2) is 34.6 Å². The fourth-order valence-corrected chi connectivity index (χ4v) is 2.62. The average molecular weight is 346 g/mol. The number of hydrogen-bond donors (Lipinski definition) is 3. The smallest absolute Gasteiger partial charge is 0.251 e. The molecule has 0 atom stereocenters. The number of thioether (sulfide) groups is 1. The highest BCUT2D eigenvalue weighted by molar-refractivity contribution is 7.99. The topological polar surface area (TPSA) is 104 Å². The highest BCUT2D eigenvalue weighted by Crippen LogP contribution is 2.15. The first-order chi connectivity index (χ1) is 11.5. The number of benzene rings is 1. The molecule has 0 saturated carbocycles. The lowest BCUT2D eigenvalue weighted by Crippen LogP contribution is -2.22. The van der Waals surface area contributed by atoms with E-state index in [-0.39, 0.29) is 29.5 Å². The van der Waals surface area contributed by atoms with Gasteiger partial charge in [0.15, 0.2) is 5.16 Å². The van der Waals surface area contributed by atoms with Gasteiger partial charge < -0.3 is 15.6 Å². The molecule has 0 aliphatic heterocycles. The number of carbonyl (C=O) groups is 2. The number of nitrogens with zero attached hydrogens (tertiary/aromatic N) is 1. The molecule has 1 aromatic heterocycles. The Bertz CT molecular complexity index is 804. The molecule has 0 unspecified atom stereocenters. The van der Waals surface area contributed by atoms with Gasteiger partial charge in [0.2, 0.25) is 11.8 Å². The van der Waals surface area contributed by atoms with E-state index in [2.05, 4.69) is 20.6 Å². The Kier molecular flexibility index (Phi) is 6.14. The Balaban J connectivity index is 1.98. The molecular weight excluding hydrogens is 328 g/mol. The van der Waals surface area contributed by atoms with E-state index in [1.54, 1.807) is 0 Å². The van der Waals surface area contributed by atoms with Crippen molar-refractivity contribution in [1.82, 2.24) is 15.3 Å². The van der Waals surface area contributed by atoms with E-state index in [4.69, 9.17) is 0 Å². The molecule has 1 heterocycles. The molecule has 0 bridgehead atoms. The number of aromatic amines is 1. The second kappa shape index (κ2) is 8.30.